The van der Waals surface area contributed by atoms with Crippen molar-refractivity contribution in [2.45, 2.75) is 13.3 Å². The molecule has 2 aromatic heterocycles. The van der Waals surface area contributed by atoms with Crippen molar-refractivity contribution in [3.8, 4) is 0 Å². The standard InChI is InChI=1S/C14H12BrN3O2/c15-13-6-11-12(7-16-17-14(11)19)18(13)9-20-8-10-4-2-1-3-5-10/h1-7H,8-9H2,(H,17,19). The second-order valence-corrected chi connectivity index (χ2v) is 5.17. The van der Waals surface area contributed by atoms with Gasteiger partial charge in [-0.2, -0.15) is 5.10 Å². The lowest BCUT2D eigenvalue weighted by atomic mass is 10.2. The first-order chi connectivity index (χ1) is 9.75. The van der Waals surface area contributed by atoms with E-state index >= 15 is 0 Å². The average molecular weight is 334 g/mol. The fraction of sp³-hybridized carbons (Fsp3) is 0.143. The van der Waals surface area contributed by atoms with E-state index in [2.05, 4.69) is 26.1 Å². The van der Waals surface area contributed by atoms with Gasteiger partial charge in [-0.05, 0) is 27.6 Å². The van der Waals surface area contributed by atoms with Gasteiger partial charge >= 0.3 is 0 Å². The van der Waals surface area contributed by atoms with Gasteiger partial charge in [0.15, 0.2) is 0 Å². The van der Waals surface area contributed by atoms with E-state index < -0.39 is 0 Å². The Hall–Kier alpha value is -1.92. The maximum absolute atomic E-state index is 11.6. The maximum atomic E-state index is 11.6. The SMILES string of the molecule is O=c1[nH]ncc2c1cc(Br)n2COCc1ccccc1. The molecule has 0 saturated heterocycles. The quantitative estimate of drug-likeness (QED) is 0.798. The number of aromatic amines is 1. The van der Waals surface area contributed by atoms with E-state index in [1.165, 1.54) is 0 Å². The average Bonchev–Trinajstić information content (AvgIpc) is 2.78. The van der Waals surface area contributed by atoms with E-state index in [1.54, 1.807) is 12.3 Å². The van der Waals surface area contributed by atoms with Gasteiger partial charge in [-0.15, -0.1) is 0 Å². The van der Waals surface area contributed by atoms with Gasteiger partial charge in [0.1, 0.15) is 6.73 Å². The van der Waals surface area contributed by atoms with E-state index in [1.807, 2.05) is 34.9 Å². The molecule has 0 unspecified atom stereocenters. The Morgan fingerprint density at radius 3 is 2.90 bits per heavy atom. The normalized spacial score (nSPS) is 11.1. The maximum Gasteiger partial charge on any atom is 0.273 e. The smallest absolute Gasteiger partial charge is 0.273 e. The minimum absolute atomic E-state index is 0.204. The molecule has 20 heavy (non-hydrogen) atoms. The molecule has 1 aromatic carbocycles. The van der Waals surface area contributed by atoms with Crippen LogP contribution in [0.5, 0.6) is 0 Å². The summed E-state index contributed by atoms with van der Waals surface area (Å²) in [5.74, 6) is 0. The molecule has 3 rings (SSSR count). The van der Waals surface area contributed by atoms with E-state index in [0.717, 1.165) is 15.7 Å². The number of fused-ring (bicyclic) bond motifs is 1. The summed E-state index contributed by atoms with van der Waals surface area (Å²) in [7, 11) is 0. The Balaban J connectivity index is 1.80. The fourth-order valence-corrected chi connectivity index (χ4v) is 2.55. The Morgan fingerprint density at radius 2 is 2.10 bits per heavy atom. The molecule has 6 heteroatoms. The van der Waals surface area contributed by atoms with Crippen molar-refractivity contribution < 1.29 is 4.74 Å². The number of hydrogen-bond donors (Lipinski definition) is 1. The Morgan fingerprint density at radius 1 is 1.30 bits per heavy atom. The van der Waals surface area contributed by atoms with Gasteiger partial charge in [-0.1, -0.05) is 30.3 Å². The van der Waals surface area contributed by atoms with E-state index in [0.29, 0.717) is 18.7 Å². The molecule has 0 atom stereocenters. The van der Waals surface area contributed by atoms with Crippen LogP contribution in [-0.4, -0.2) is 14.8 Å². The van der Waals surface area contributed by atoms with Crippen molar-refractivity contribution in [1.29, 1.82) is 0 Å². The lowest BCUT2D eigenvalue weighted by molar-refractivity contribution is 0.0655. The summed E-state index contributed by atoms with van der Waals surface area (Å²) >= 11 is 3.43. The highest BCUT2D eigenvalue weighted by atomic mass is 79.9. The molecule has 1 N–H and O–H groups in total. The predicted octanol–water partition coefficient (Wildman–Crippen LogP) is 2.66. The molecule has 2 heterocycles. The highest BCUT2D eigenvalue weighted by Crippen LogP contribution is 2.20. The lowest BCUT2D eigenvalue weighted by Crippen LogP contribution is -2.08. The third-order valence-electron chi connectivity index (χ3n) is 3.02. The third-order valence-corrected chi connectivity index (χ3v) is 3.67. The molecule has 0 radical (unpaired) electrons. The summed E-state index contributed by atoms with van der Waals surface area (Å²) in [6, 6.07) is 11.7. The molecule has 0 aliphatic rings. The van der Waals surface area contributed by atoms with Gasteiger partial charge in [-0.3, -0.25) is 4.79 Å². The summed E-state index contributed by atoms with van der Waals surface area (Å²) < 4.78 is 8.34. The van der Waals surface area contributed by atoms with Gasteiger partial charge in [0, 0.05) is 0 Å². The first-order valence-corrected chi connectivity index (χ1v) is 6.89. The number of rotatable bonds is 4. The second-order valence-electron chi connectivity index (χ2n) is 4.36. The number of halogens is 1. The van der Waals surface area contributed by atoms with Gasteiger partial charge in [-0.25, -0.2) is 5.10 Å². The number of ether oxygens (including phenoxy) is 1. The molecule has 0 aliphatic carbocycles. The lowest BCUT2D eigenvalue weighted by Gasteiger charge is -2.08. The van der Waals surface area contributed by atoms with E-state index in [9.17, 15) is 4.79 Å². The third kappa shape index (κ3) is 2.52. The van der Waals surface area contributed by atoms with E-state index in [-0.39, 0.29) is 5.56 Å². The monoisotopic (exact) mass is 333 g/mol. The van der Waals surface area contributed by atoms with Crippen LogP contribution in [0.2, 0.25) is 0 Å². The van der Waals surface area contributed by atoms with Crippen molar-refractivity contribution >= 4 is 26.8 Å². The van der Waals surface area contributed by atoms with E-state index in [4.69, 9.17) is 4.74 Å². The van der Waals surface area contributed by atoms with Crippen molar-refractivity contribution in [3.63, 3.8) is 0 Å². The fourth-order valence-electron chi connectivity index (χ4n) is 2.03. The van der Waals surface area contributed by atoms with Crippen LogP contribution < -0.4 is 5.56 Å². The first kappa shape index (κ1) is 13.1. The Kier molecular flexibility index (Phi) is 3.66. The molecule has 3 aromatic rings. The zero-order valence-electron chi connectivity index (χ0n) is 10.5. The minimum Gasteiger partial charge on any atom is -0.356 e. The molecule has 0 fully saturated rings. The van der Waals surface area contributed by atoms with Crippen LogP contribution in [-0.2, 0) is 18.1 Å². The number of nitrogens with one attached hydrogen (secondary N) is 1. The Bertz CT molecular complexity index is 780. The van der Waals surface area contributed by atoms with Crippen LogP contribution in [0.15, 0.2) is 52.0 Å². The summed E-state index contributed by atoms with van der Waals surface area (Å²) in [5, 5.41) is 6.83. The molecular formula is C14H12BrN3O2. The summed E-state index contributed by atoms with van der Waals surface area (Å²) in [6.07, 6.45) is 1.62. The summed E-state index contributed by atoms with van der Waals surface area (Å²) in [6.45, 7) is 0.869. The van der Waals surface area contributed by atoms with Crippen molar-refractivity contribution in [3.05, 3.63) is 63.1 Å². The zero-order valence-corrected chi connectivity index (χ0v) is 12.1. The van der Waals surface area contributed by atoms with Crippen LogP contribution >= 0.6 is 15.9 Å². The molecule has 0 aliphatic heterocycles. The zero-order chi connectivity index (χ0) is 13.9. The number of benzene rings is 1. The topological polar surface area (TPSA) is 59.9 Å². The molecular weight excluding hydrogens is 322 g/mol. The van der Waals surface area contributed by atoms with Gasteiger partial charge in [0.05, 0.1) is 28.3 Å². The largest absolute Gasteiger partial charge is 0.356 e. The van der Waals surface area contributed by atoms with Crippen LogP contribution in [0.4, 0.5) is 0 Å². The van der Waals surface area contributed by atoms with Crippen molar-refractivity contribution in [2.75, 3.05) is 0 Å². The molecule has 0 saturated carbocycles. The number of nitrogens with zero attached hydrogens (tertiary/aromatic N) is 2. The second kappa shape index (κ2) is 5.60. The van der Waals surface area contributed by atoms with Crippen LogP contribution in [0.3, 0.4) is 0 Å². The molecule has 0 bridgehead atoms. The number of hydrogen-bond acceptors (Lipinski definition) is 3. The van der Waals surface area contributed by atoms with Crippen LogP contribution in [0.1, 0.15) is 5.56 Å². The highest BCUT2D eigenvalue weighted by Gasteiger charge is 2.09. The molecule has 0 spiro atoms. The first-order valence-electron chi connectivity index (χ1n) is 6.10. The Labute approximate surface area is 123 Å². The van der Waals surface area contributed by atoms with Gasteiger partial charge in [0.2, 0.25) is 0 Å². The summed E-state index contributed by atoms with van der Waals surface area (Å²) in [5.41, 5.74) is 1.65. The molecule has 102 valence electrons. The summed E-state index contributed by atoms with van der Waals surface area (Å²) in [4.78, 5) is 11.6. The van der Waals surface area contributed by atoms with Gasteiger partial charge in [0.25, 0.3) is 5.56 Å². The van der Waals surface area contributed by atoms with Crippen molar-refractivity contribution in [1.82, 2.24) is 14.8 Å². The molecule has 0 amide bonds. The number of H-pyrrole nitrogens is 1. The minimum atomic E-state index is -0.204. The van der Waals surface area contributed by atoms with Crippen molar-refractivity contribution in [2.24, 2.45) is 0 Å². The van der Waals surface area contributed by atoms with Crippen LogP contribution in [0, 0.1) is 0 Å². The highest BCUT2D eigenvalue weighted by molar-refractivity contribution is 9.10. The number of aromatic nitrogens is 3. The predicted molar refractivity (Wildman–Crippen MR) is 79.3 cm³/mol. The van der Waals surface area contributed by atoms with Crippen LogP contribution in [0.25, 0.3) is 10.9 Å². The molecule has 5 nitrogen and oxygen atoms in total. The van der Waals surface area contributed by atoms with Gasteiger partial charge < -0.3 is 9.30 Å².